The largest absolute Gasteiger partial charge is 0.477 e. The molecule has 5 rings (SSSR count). The van der Waals surface area contributed by atoms with Gasteiger partial charge in [-0.05, 0) is 49.1 Å². The van der Waals surface area contributed by atoms with E-state index < -0.39 is 35.0 Å². The second kappa shape index (κ2) is 10.4. The molecule has 0 aliphatic carbocycles. The summed E-state index contributed by atoms with van der Waals surface area (Å²) in [6, 6.07) is 6.73. The molecule has 2 aromatic heterocycles. The number of benzene rings is 1. The van der Waals surface area contributed by atoms with Gasteiger partial charge in [-0.15, -0.1) is 0 Å². The van der Waals surface area contributed by atoms with Crippen LogP contribution in [0.25, 0.3) is 11.0 Å². The number of anilines is 2. The van der Waals surface area contributed by atoms with Gasteiger partial charge in [-0.25, -0.2) is 19.0 Å². The summed E-state index contributed by atoms with van der Waals surface area (Å²) in [5.41, 5.74) is 1.69. The van der Waals surface area contributed by atoms with Gasteiger partial charge in [0.2, 0.25) is 11.3 Å². The van der Waals surface area contributed by atoms with Crippen LogP contribution < -0.4 is 20.5 Å². The average molecular weight is 538 g/mol. The molecule has 2 aliphatic rings. The van der Waals surface area contributed by atoms with Crippen LogP contribution in [0.2, 0.25) is 0 Å². The molecule has 4 heterocycles. The minimum atomic E-state index is -1.37. The van der Waals surface area contributed by atoms with E-state index in [1.54, 1.807) is 6.92 Å². The van der Waals surface area contributed by atoms with Gasteiger partial charge in [-0.1, -0.05) is 6.07 Å². The standard InChI is InChI=1S/C27H28FN5O6/c1-3-31-14-21(26(36)37)23(35)20-10-22(28)25(30-24(20)31)32-8-4-5-16-9-18(7-6-17(16)12-32)33-13-19(39-27(33)38)11-29-15(2)34/h6-7,9-10,14,19H,3-5,8,11-13H2,1-2H3,(H,29,34)(H,36,37). The molecule has 2 aliphatic heterocycles. The van der Waals surface area contributed by atoms with Crippen LogP contribution in [0.4, 0.5) is 20.7 Å². The number of nitrogens with zero attached hydrogens (tertiary/aromatic N) is 4. The van der Waals surface area contributed by atoms with Gasteiger partial charge in [0.15, 0.2) is 11.6 Å². The number of nitrogens with one attached hydrogen (secondary N) is 1. The summed E-state index contributed by atoms with van der Waals surface area (Å²) in [6.45, 7) is 4.98. The third-order valence-electron chi connectivity index (χ3n) is 7.04. The molecule has 2 N–H and O–H groups in total. The van der Waals surface area contributed by atoms with Crippen molar-refractivity contribution in [2.45, 2.75) is 45.9 Å². The van der Waals surface area contributed by atoms with Gasteiger partial charge in [0, 0.05) is 38.4 Å². The van der Waals surface area contributed by atoms with Gasteiger partial charge in [-0.3, -0.25) is 14.5 Å². The van der Waals surface area contributed by atoms with Crippen molar-refractivity contribution in [3.63, 3.8) is 0 Å². The number of carboxylic acids is 1. The van der Waals surface area contributed by atoms with Gasteiger partial charge >= 0.3 is 12.1 Å². The van der Waals surface area contributed by atoms with Gasteiger partial charge in [0.05, 0.1) is 18.5 Å². The van der Waals surface area contributed by atoms with Crippen molar-refractivity contribution in [1.29, 1.82) is 0 Å². The smallest absolute Gasteiger partial charge is 0.414 e. The van der Waals surface area contributed by atoms with Crippen molar-refractivity contribution in [3.05, 3.63) is 63.2 Å². The van der Waals surface area contributed by atoms with Crippen molar-refractivity contribution in [3.8, 4) is 0 Å². The van der Waals surface area contributed by atoms with E-state index in [1.807, 2.05) is 23.1 Å². The number of carboxylic acid groups (broad SMARTS) is 1. The van der Waals surface area contributed by atoms with Crippen molar-refractivity contribution >= 4 is 40.5 Å². The van der Waals surface area contributed by atoms with Crippen molar-refractivity contribution in [1.82, 2.24) is 14.9 Å². The number of fused-ring (bicyclic) bond motifs is 2. The Labute approximate surface area is 222 Å². The van der Waals surface area contributed by atoms with Gasteiger partial charge < -0.3 is 24.6 Å². The number of aromatic nitrogens is 2. The molecule has 1 atom stereocenters. The van der Waals surface area contributed by atoms with Gasteiger partial charge in [0.1, 0.15) is 17.3 Å². The lowest BCUT2D eigenvalue weighted by Gasteiger charge is -2.24. The summed E-state index contributed by atoms with van der Waals surface area (Å²) in [7, 11) is 0. The fraction of sp³-hybridized carbons (Fsp3) is 0.370. The summed E-state index contributed by atoms with van der Waals surface area (Å²) in [4.78, 5) is 55.7. The first-order chi connectivity index (χ1) is 18.7. The van der Waals surface area contributed by atoms with Crippen LogP contribution in [0.1, 0.15) is 41.8 Å². The highest BCUT2D eigenvalue weighted by Crippen LogP contribution is 2.30. The van der Waals surface area contributed by atoms with E-state index in [-0.39, 0.29) is 29.3 Å². The lowest BCUT2D eigenvalue weighted by molar-refractivity contribution is -0.119. The number of aryl methyl sites for hydroxylation is 2. The zero-order chi connectivity index (χ0) is 27.8. The second-order valence-electron chi connectivity index (χ2n) is 9.66. The fourth-order valence-electron chi connectivity index (χ4n) is 5.08. The van der Waals surface area contributed by atoms with E-state index in [0.29, 0.717) is 44.7 Å². The molecule has 2 amide bonds. The fourth-order valence-corrected chi connectivity index (χ4v) is 5.08. The molecule has 1 unspecified atom stereocenters. The molecule has 0 spiro atoms. The van der Waals surface area contributed by atoms with Crippen LogP contribution in [0.5, 0.6) is 0 Å². The zero-order valence-corrected chi connectivity index (χ0v) is 21.6. The molecule has 11 nitrogen and oxygen atoms in total. The molecule has 1 fully saturated rings. The Morgan fingerprint density at radius 1 is 1.23 bits per heavy atom. The number of carbonyl (C=O) groups excluding carboxylic acids is 2. The number of rotatable bonds is 6. The summed E-state index contributed by atoms with van der Waals surface area (Å²) in [5.74, 6) is -2.18. The number of aromatic carboxylic acids is 1. The number of cyclic esters (lactones) is 1. The van der Waals surface area contributed by atoms with Crippen LogP contribution in [0.15, 0.2) is 35.3 Å². The first-order valence-electron chi connectivity index (χ1n) is 12.7. The molecule has 0 radical (unpaired) electrons. The topological polar surface area (TPSA) is 134 Å². The third-order valence-corrected chi connectivity index (χ3v) is 7.04. The van der Waals surface area contributed by atoms with E-state index in [2.05, 4.69) is 10.3 Å². The molecule has 1 saturated heterocycles. The first kappa shape index (κ1) is 26.1. The lowest BCUT2D eigenvalue weighted by atomic mass is 10.0. The SMILES string of the molecule is CCn1cc(C(=O)O)c(=O)c2cc(F)c(N3CCCc4cc(N5CC(CNC(C)=O)OC5=O)ccc4C3)nc21. The second-order valence-corrected chi connectivity index (χ2v) is 9.66. The number of hydrogen-bond acceptors (Lipinski definition) is 7. The minimum absolute atomic E-state index is 0.0767. The number of pyridine rings is 2. The quantitative estimate of drug-likeness (QED) is 0.490. The highest BCUT2D eigenvalue weighted by Gasteiger charge is 2.33. The van der Waals surface area contributed by atoms with Gasteiger partial charge in [-0.2, -0.15) is 0 Å². The number of carbonyl (C=O) groups is 3. The highest BCUT2D eigenvalue weighted by atomic mass is 19.1. The molecule has 204 valence electrons. The Balaban J connectivity index is 1.43. The van der Waals surface area contributed by atoms with Crippen LogP contribution in [-0.2, 0) is 29.0 Å². The molecule has 1 aromatic carbocycles. The number of amides is 2. The summed E-state index contributed by atoms with van der Waals surface area (Å²) in [6.07, 6.45) is 1.73. The van der Waals surface area contributed by atoms with E-state index >= 15 is 4.39 Å². The summed E-state index contributed by atoms with van der Waals surface area (Å²) >= 11 is 0. The highest BCUT2D eigenvalue weighted by molar-refractivity contribution is 5.92. The van der Waals surface area contributed by atoms with Crippen LogP contribution in [0, 0.1) is 5.82 Å². The molecule has 0 saturated carbocycles. The molecule has 0 bridgehead atoms. The predicted octanol–water partition coefficient (Wildman–Crippen LogP) is 2.67. The predicted molar refractivity (Wildman–Crippen MR) is 141 cm³/mol. The van der Waals surface area contributed by atoms with Crippen LogP contribution >= 0.6 is 0 Å². The van der Waals surface area contributed by atoms with Crippen molar-refractivity contribution < 1.29 is 28.6 Å². The Kier molecular flexibility index (Phi) is 6.94. The normalized spacial score (nSPS) is 17.1. The van der Waals surface area contributed by atoms with Crippen molar-refractivity contribution in [2.24, 2.45) is 0 Å². The average Bonchev–Trinajstić information content (AvgIpc) is 3.14. The Hall–Kier alpha value is -4.48. The molecule has 39 heavy (non-hydrogen) atoms. The van der Waals surface area contributed by atoms with E-state index in [9.17, 15) is 24.3 Å². The number of halogens is 1. The molecule has 3 aromatic rings. The molecule has 12 heteroatoms. The maximum Gasteiger partial charge on any atom is 0.414 e. The number of hydrogen-bond donors (Lipinski definition) is 2. The van der Waals surface area contributed by atoms with E-state index in [1.165, 1.54) is 22.6 Å². The van der Waals surface area contributed by atoms with E-state index in [4.69, 9.17) is 4.74 Å². The Bertz CT molecular complexity index is 1550. The molecular weight excluding hydrogens is 509 g/mol. The minimum Gasteiger partial charge on any atom is -0.477 e. The Morgan fingerprint density at radius 3 is 2.74 bits per heavy atom. The zero-order valence-electron chi connectivity index (χ0n) is 21.6. The number of ether oxygens (including phenoxy) is 1. The third kappa shape index (κ3) is 5.01. The maximum absolute atomic E-state index is 15.3. The van der Waals surface area contributed by atoms with Crippen LogP contribution in [-0.4, -0.2) is 58.4 Å². The molecular formula is C27H28FN5O6. The Morgan fingerprint density at radius 2 is 2.03 bits per heavy atom. The summed E-state index contributed by atoms with van der Waals surface area (Å²) < 4.78 is 22.3. The monoisotopic (exact) mass is 537 g/mol. The van der Waals surface area contributed by atoms with Crippen LogP contribution in [0.3, 0.4) is 0 Å². The summed E-state index contributed by atoms with van der Waals surface area (Å²) in [5, 5.41) is 12.0. The van der Waals surface area contributed by atoms with Crippen molar-refractivity contribution in [2.75, 3.05) is 29.4 Å². The lowest BCUT2D eigenvalue weighted by Crippen LogP contribution is -2.33. The maximum atomic E-state index is 15.3. The first-order valence-corrected chi connectivity index (χ1v) is 12.7. The van der Waals surface area contributed by atoms with E-state index in [0.717, 1.165) is 17.2 Å². The van der Waals surface area contributed by atoms with Gasteiger partial charge in [0.25, 0.3) is 0 Å².